The second-order valence-corrected chi connectivity index (χ2v) is 6.74. The van der Waals surface area contributed by atoms with Crippen LogP contribution >= 0.6 is 0 Å². The van der Waals surface area contributed by atoms with Crippen LogP contribution in [-0.4, -0.2) is 42.8 Å². The highest BCUT2D eigenvalue weighted by molar-refractivity contribution is 5.98. The Morgan fingerprint density at radius 2 is 2.27 bits per heavy atom. The van der Waals surface area contributed by atoms with Gasteiger partial charge < -0.3 is 15.0 Å². The SMILES string of the molecule is [2H]/C(C(=O)Cc1c(OC([2H])([2H])C([2H])([2H])[2H])c([2H])c2nc([2H])c(C#N)c(Nc3c([2H])c([2H])c(F)c(C)c3[2H])c2c1[2H])=C(/[2H])C([2H])([2H])N(C)C. The Bertz CT molecular complexity index is 1890. The van der Waals surface area contributed by atoms with Crippen LogP contribution in [0.2, 0.25) is 0 Å². The van der Waals surface area contributed by atoms with Crippen molar-refractivity contribution in [1.29, 1.82) is 5.26 Å². The highest BCUT2D eigenvalue weighted by atomic mass is 19.1. The fourth-order valence-electron chi connectivity index (χ4n) is 2.62. The van der Waals surface area contributed by atoms with Crippen molar-refractivity contribution < 1.29 is 34.5 Å². The lowest BCUT2D eigenvalue weighted by atomic mass is 10.0. The molecule has 1 aromatic heterocycles. The Hall–Kier alpha value is -3.76. The van der Waals surface area contributed by atoms with Gasteiger partial charge in [-0.15, -0.1) is 0 Å². The Morgan fingerprint density at radius 3 is 3.00 bits per heavy atom. The fraction of sp³-hybridized carbons (Fsp3) is 0.269. The summed E-state index contributed by atoms with van der Waals surface area (Å²) in [7, 11) is 2.47. The number of pyridine rings is 1. The van der Waals surface area contributed by atoms with E-state index in [2.05, 4.69) is 10.3 Å². The molecule has 0 aliphatic carbocycles. The van der Waals surface area contributed by atoms with Crippen molar-refractivity contribution in [2.24, 2.45) is 0 Å². The zero-order valence-electron chi connectivity index (χ0n) is 32.7. The number of ether oxygens (including phenoxy) is 1. The standard InChI is InChI=1S/C26H27FN4O2/c1-5-33-25-14-24-22(13-18(25)12-21(32)7-6-10-31(3)4)26(19(15-28)16-29-24)30-20-8-9-23(27)17(2)11-20/h6-9,11,13-14,16H,5,10,12H2,1-4H3,(H,29,30)/b7-6+/i1D3,5D2,6D,7D,8D,9D,10D2,11D,13D,14D,16D. The van der Waals surface area contributed by atoms with Gasteiger partial charge in [0.05, 0.1) is 37.0 Å². The zero-order chi connectivity index (χ0) is 37.0. The number of aromatic nitrogens is 1. The molecule has 0 aliphatic rings. The molecule has 6 nitrogen and oxygen atoms in total. The van der Waals surface area contributed by atoms with Crippen molar-refractivity contribution in [2.75, 3.05) is 32.5 Å². The van der Waals surface area contributed by atoms with Gasteiger partial charge >= 0.3 is 0 Å². The minimum Gasteiger partial charge on any atom is -0.494 e. The maximum Gasteiger partial charge on any atom is 0.159 e. The molecule has 0 bridgehead atoms. The Morgan fingerprint density at radius 1 is 1.45 bits per heavy atom. The number of rotatable bonds is 9. The number of hydrogen-bond donors (Lipinski definition) is 1. The molecule has 33 heavy (non-hydrogen) atoms. The molecule has 7 heteroatoms. The molecule has 0 unspecified atom stereocenters. The van der Waals surface area contributed by atoms with Gasteiger partial charge in [0.1, 0.15) is 17.6 Å². The number of hydrogen-bond acceptors (Lipinski definition) is 6. The number of nitrogens with one attached hydrogen (secondary N) is 1. The van der Waals surface area contributed by atoms with Gasteiger partial charge in [-0.3, -0.25) is 9.78 Å². The third kappa shape index (κ3) is 5.93. The maximum atomic E-state index is 14.5. The fourth-order valence-corrected chi connectivity index (χ4v) is 2.62. The highest BCUT2D eigenvalue weighted by Gasteiger charge is 2.16. The van der Waals surface area contributed by atoms with E-state index in [1.54, 1.807) is 6.07 Å². The van der Waals surface area contributed by atoms with Gasteiger partial charge in [-0.1, -0.05) is 6.05 Å². The van der Waals surface area contributed by atoms with Gasteiger partial charge in [0, 0.05) is 48.6 Å². The summed E-state index contributed by atoms with van der Waals surface area (Å²) in [5.74, 6) is -3.55. The number of nitriles is 1. The van der Waals surface area contributed by atoms with E-state index in [4.69, 9.17) is 25.3 Å². The number of halogens is 1. The largest absolute Gasteiger partial charge is 0.494 e. The van der Waals surface area contributed by atoms with E-state index >= 15 is 0 Å². The molecule has 0 saturated carbocycles. The molecule has 3 aromatic rings. The smallest absolute Gasteiger partial charge is 0.159 e. The summed E-state index contributed by atoms with van der Waals surface area (Å²) in [5.41, 5.74) is -3.56. The molecule has 170 valence electrons. The number of allylic oxidation sites excluding steroid dienone is 1. The van der Waals surface area contributed by atoms with Crippen LogP contribution in [0.15, 0.2) is 48.5 Å². The summed E-state index contributed by atoms with van der Waals surface area (Å²) in [6, 6.07) is -4.96. The number of ketones is 1. The third-order valence-electron chi connectivity index (χ3n) is 4.07. The predicted molar refractivity (Wildman–Crippen MR) is 128 cm³/mol. The minimum atomic E-state index is -3.56. The number of carbonyl (C=O) groups is 1. The molecule has 2 aromatic carbocycles. The topological polar surface area (TPSA) is 78.2 Å². The first-order valence-corrected chi connectivity index (χ1v) is 9.30. The average Bonchev–Trinajstić information content (AvgIpc) is 2.99. The molecule has 1 heterocycles. The van der Waals surface area contributed by atoms with Crippen LogP contribution in [0.25, 0.3) is 10.9 Å². The molecule has 0 fully saturated rings. The number of fused-ring (bicyclic) bond motifs is 1. The van der Waals surface area contributed by atoms with Crippen LogP contribution in [0.5, 0.6) is 5.75 Å². The summed E-state index contributed by atoms with van der Waals surface area (Å²) >= 11 is 0. The minimum absolute atomic E-state index is 0.374. The van der Waals surface area contributed by atoms with Gasteiger partial charge in [0.15, 0.2) is 5.78 Å². The molecular weight excluding hydrogens is 419 g/mol. The lowest BCUT2D eigenvalue weighted by Gasteiger charge is -2.15. The van der Waals surface area contributed by atoms with Crippen LogP contribution in [0, 0.1) is 24.1 Å². The molecule has 0 aliphatic heterocycles. The Labute approximate surface area is 214 Å². The zero-order valence-corrected chi connectivity index (χ0v) is 17.7. The van der Waals surface area contributed by atoms with E-state index in [0.29, 0.717) is 0 Å². The number of benzene rings is 2. The lowest BCUT2D eigenvalue weighted by molar-refractivity contribution is -0.114. The second kappa shape index (κ2) is 10.7. The van der Waals surface area contributed by atoms with Gasteiger partial charge in [0.25, 0.3) is 0 Å². The van der Waals surface area contributed by atoms with E-state index in [-0.39, 0.29) is 5.56 Å². The van der Waals surface area contributed by atoms with Gasteiger partial charge in [-0.25, -0.2) is 4.39 Å². The predicted octanol–water partition coefficient (Wildman–Crippen LogP) is 4.93. The van der Waals surface area contributed by atoms with Gasteiger partial charge in [0.2, 0.25) is 0 Å². The van der Waals surface area contributed by atoms with E-state index in [1.807, 2.05) is 0 Å². The highest BCUT2D eigenvalue weighted by Crippen LogP contribution is 2.34. The molecule has 3 rings (SSSR count). The van der Waals surface area contributed by atoms with Crippen molar-refractivity contribution in [2.45, 2.75) is 20.2 Å². The van der Waals surface area contributed by atoms with Crippen LogP contribution in [0.4, 0.5) is 15.8 Å². The van der Waals surface area contributed by atoms with E-state index in [9.17, 15) is 14.4 Å². The van der Waals surface area contributed by atoms with Crippen molar-refractivity contribution >= 4 is 28.1 Å². The van der Waals surface area contributed by atoms with Crippen molar-refractivity contribution in [3.8, 4) is 11.8 Å². The molecule has 0 atom stereocenters. The van der Waals surface area contributed by atoms with Crippen LogP contribution in [0.1, 0.15) is 44.1 Å². The van der Waals surface area contributed by atoms with E-state index in [0.717, 1.165) is 11.8 Å². The number of anilines is 2. The van der Waals surface area contributed by atoms with E-state index < -0.39 is 126 Å². The first kappa shape index (κ1) is 10.9. The molecule has 0 saturated heterocycles. The van der Waals surface area contributed by atoms with Crippen LogP contribution < -0.4 is 10.1 Å². The normalized spacial score (nSPS) is 19.6. The van der Waals surface area contributed by atoms with Crippen molar-refractivity contribution in [1.82, 2.24) is 9.88 Å². The quantitative estimate of drug-likeness (QED) is 0.456. The van der Waals surface area contributed by atoms with Crippen LogP contribution in [0.3, 0.4) is 0 Å². The van der Waals surface area contributed by atoms with E-state index in [1.165, 1.54) is 14.1 Å². The molecular formula is C26H27FN4O2. The first-order chi connectivity index (χ1) is 21.8. The summed E-state index contributed by atoms with van der Waals surface area (Å²) < 4.78 is 141. The summed E-state index contributed by atoms with van der Waals surface area (Å²) in [5, 5.41) is 11.9. The lowest BCUT2D eigenvalue weighted by Crippen LogP contribution is -2.11. The number of carbonyl (C=O) groups excluding carboxylic acids is 1. The summed E-state index contributed by atoms with van der Waals surface area (Å²) in [4.78, 5) is 18.0. The monoisotopic (exact) mass is 461 g/mol. The first-order valence-electron chi connectivity index (χ1n) is 16.8. The Balaban J connectivity index is 2.52. The maximum absolute atomic E-state index is 14.5. The summed E-state index contributed by atoms with van der Waals surface area (Å²) in [6.07, 6.45) is -2.01. The van der Waals surface area contributed by atoms with Gasteiger partial charge in [-0.05, 0) is 63.7 Å². The molecule has 1 N–H and O–H groups in total. The van der Waals surface area contributed by atoms with Crippen molar-refractivity contribution in [3.05, 3.63) is 71.0 Å². The molecule has 0 amide bonds. The van der Waals surface area contributed by atoms with Crippen molar-refractivity contribution in [3.63, 3.8) is 0 Å². The average molecular weight is 462 g/mol. The van der Waals surface area contributed by atoms with Crippen LogP contribution in [-0.2, 0) is 11.2 Å². The van der Waals surface area contributed by atoms with Gasteiger partial charge in [-0.2, -0.15) is 5.26 Å². The number of likely N-dealkylation sites (N-methyl/N-ethyl adjacent to an activating group) is 1. The number of nitrogens with zero attached hydrogens (tertiary/aromatic N) is 3. The molecule has 0 radical (unpaired) electrons. The Kier molecular flexibility index (Phi) is 3.54. The molecule has 0 spiro atoms. The second-order valence-electron chi connectivity index (χ2n) is 6.74. The third-order valence-corrected chi connectivity index (χ3v) is 4.07. The summed E-state index contributed by atoms with van der Waals surface area (Å²) in [6.45, 7) is -8.54.